The van der Waals surface area contributed by atoms with Gasteiger partial charge in [-0.05, 0) is 36.0 Å². The van der Waals surface area contributed by atoms with Gasteiger partial charge in [-0.3, -0.25) is 9.59 Å². The molecule has 0 aromatic heterocycles. The molecule has 1 aliphatic carbocycles. The monoisotopic (exact) mass is 353 g/mol. The molecule has 0 bridgehead atoms. The fraction of sp³-hybridized carbons (Fsp3) is 0.333. The highest BCUT2D eigenvalue weighted by molar-refractivity contribution is 8.13. The van der Waals surface area contributed by atoms with E-state index in [2.05, 4.69) is 41.7 Å². The van der Waals surface area contributed by atoms with Crippen molar-refractivity contribution in [2.24, 2.45) is 0 Å². The summed E-state index contributed by atoms with van der Waals surface area (Å²) in [6.07, 6.45) is 3.33. The molecule has 1 aliphatic rings. The van der Waals surface area contributed by atoms with Crippen LogP contribution in [0, 0.1) is 0 Å². The average Bonchev–Trinajstić information content (AvgIpc) is 3.43. The topological polar surface area (TPSA) is 46.2 Å². The predicted octanol–water partition coefficient (Wildman–Crippen LogP) is 4.73. The lowest BCUT2D eigenvalue weighted by atomic mass is 10.0. The molecule has 1 amide bonds. The number of hydrogen-bond acceptors (Lipinski definition) is 3. The Bertz CT molecular complexity index is 723. The zero-order valence-corrected chi connectivity index (χ0v) is 15.2. The van der Waals surface area contributed by atoms with Crippen molar-refractivity contribution < 1.29 is 9.59 Å². The van der Waals surface area contributed by atoms with Crippen molar-refractivity contribution in [3.05, 3.63) is 60.2 Å². The average molecular weight is 353 g/mol. The molecule has 1 fully saturated rings. The minimum atomic E-state index is 0.0206. The summed E-state index contributed by atoms with van der Waals surface area (Å²) in [4.78, 5) is 23.6. The van der Waals surface area contributed by atoms with Crippen molar-refractivity contribution in [2.45, 2.75) is 43.9 Å². The molecular formula is C21H23NO2S. The first kappa shape index (κ1) is 17.7. The van der Waals surface area contributed by atoms with Gasteiger partial charge >= 0.3 is 0 Å². The van der Waals surface area contributed by atoms with E-state index in [1.54, 1.807) is 6.92 Å². The van der Waals surface area contributed by atoms with Crippen LogP contribution in [0.5, 0.6) is 0 Å². The van der Waals surface area contributed by atoms with Gasteiger partial charge in [-0.2, -0.15) is 0 Å². The minimum absolute atomic E-state index is 0.0206. The summed E-state index contributed by atoms with van der Waals surface area (Å²) in [5, 5.41) is 3.12. The fourth-order valence-electron chi connectivity index (χ4n) is 2.80. The Hall–Kier alpha value is -2.07. The molecule has 0 spiro atoms. The van der Waals surface area contributed by atoms with E-state index in [1.807, 2.05) is 18.2 Å². The normalized spacial score (nSPS) is 14.8. The molecule has 0 aliphatic heterocycles. The van der Waals surface area contributed by atoms with E-state index in [4.69, 9.17) is 0 Å². The lowest BCUT2D eigenvalue weighted by Gasteiger charge is -2.16. The summed E-state index contributed by atoms with van der Waals surface area (Å²) in [6, 6.07) is 18.9. The molecule has 3 nitrogen and oxygen atoms in total. The molecule has 0 heterocycles. The van der Waals surface area contributed by atoms with E-state index in [1.165, 1.54) is 17.3 Å². The van der Waals surface area contributed by atoms with Gasteiger partial charge in [-0.1, -0.05) is 66.4 Å². The second-order valence-corrected chi connectivity index (χ2v) is 7.85. The highest BCUT2D eigenvalue weighted by Crippen LogP contribution is 2.35. The molecule has 2 aromatic carbocycles. The van der Waals surface area contributed by atoms with Crippen molar-refractivity contribution in [3.8, 4) is 11.1 Å². The molecule has 0 saturated heterocycles. The molecule has 3 rings (SSSR count). The van der Waals surface area contributed by atoms with E-state index >= 15 is 0 Å². The fourth-order valence-corrected chi connectivity index (χ4v) is 3.73. The van der Waals surface area contributed by atoms with Crippen molar-refractivity contribution in [1.29, 1.82) is 0 Å². The number of rotatable bonds is 7. The maximum absolute atomic E-state index is 11.9. The maximum atomic E-state index is 11.9. The summed E-state index contributed by atoms with van der Waals surface area (Å²) in [6.45, 7) is 1.58. The SMILES string of the molecule is CC(=O)SC(CCC(=O)NC1CC1)c1ccc(-c2ccccc2)cc1. The van der Waals surface area contributed by atoms with Gasteiger partial charge < -0.3 is 5.32 Å². The number of carbonyl (C=O) groups excluding carboxylic acids is 2. The van der Waals surface area contributed by atoms with Gasteiger partial charge in [0.15, 0.2) is 5.12 Å². The second kappa shape index (κ2) is 8.34. The van der Waals surface area contributed by atoms with E-state index < -0.39 is 0 Å². The van der Waals surface area contributed by atoms with Crippen LogP contribution >= 0.6 is 11.8 Å². The van der Waals surface area contributed by atoms with Crippen LogP contribution in [-0.2, 0) is 9.59 Å². The summed E-state index contributed by atoms with van der Waals surface area (Å²) in [5.41, 5.74) is 3.43. The summed E-state index contributed by atoms with van der Waals surface area (Å²) in [5.74, 6) is 0.0950. The van der Waals surface area contributed by atoms with Crippen LogP contribution in [0.25, 0.3) is 11.1 Å². The number of amides is 1. The van der Waals surface area contributed by atoms with Crippen LogP contribution in [0.4, 0.5) is 0 Å². The molecule has 4 heteroatoms. The first-order chi connectivity index (χ1) is 12.1. The molecule has 0 radical (unpaired) electrons. The Kier molecular flexibility index (Phi) is 5.92. The van der Waals surface area contributed by atoms with Crippen molar-refractivity contribution in [3.63, 3.8) is 0 Å². The Morgan fingerprint density at radius 3 is 2.28 bits per heavy atom. The summed E-state index contributed by atoms with van der Waals surface area (Å²) < 4.78 is 0. The van der Waals surface area contributed by atoms with Crippen molar-refractivity contribution in [2.75, 3.05) is 0 Å². The number of benzene rings is 2. The van der Waals surface area contributed by atoms with Crippen LogP contribution in [0.3, 0.4) is 0 Å². The third kappa shape index (κ3) is 5.46. The van der Waals surface area contributed by atoms with E-state index in [-0.39, 0.29) is 16.3 Å². The lowest BCUT2D eigenvalue weighted by molar-refractivity contribution is -0.121. The standard InChI is InChI=1S/C21H23NO2S/c1-15(23)25-20(13-14-21(24)22-19-11-12-19)18-9-7-17(8-10-18)16-5-3-2-4-6-16/h2-10,19-20H,11-14H2,1H3,(H,22,24). The van der Waals surface area contributed by atoms with Gasteiger partial charge in [0.25, 0.3) is 0 Å². The Morgan fingerprint density at radius 1 is 1.04 bits per heavy atom. The van der Waals surface area contributed by atoms with Crippen LogP contribution < -0.4 is 5.32 Å². The highest BCUT2D eigenvalue weighted by atomic mass is 32.2. The second-order valence-electron chi connectivity index (χ2n) is 6.47. The Labute approximate surface area is 153 Å². The van der Waals surface area contributed by atoms with Crippen LogP contribution in [-0.4, -0.2) is 17.1 Å². The third-order valence-corrected chi connectivity index (χ3v) is 5.40. The minimum Gasteiger partial charge on any atom is -0.353 e. The first-order valence-corrected chi connectivity index (χ1v) is 9.62. The molecule has 1 saturated carbocycles. The number of thioether (sulfide) groups is 1. The largest absolute Gasteiger partial charge is 0.353 e. The van der Waals surface area contributed by atoms with Gasteiger partial charge in [-0.15, -0.1) is 0 Å². The molecular weight excluding hydrogens is 330 g/mol. The smallest absolute Gasteiger partial charge is 0.220 e. The van der Waals surface area contributed by atoms with Crippen molar-refractivity contribution >= 4 is 22.8 Å². The van der Waals surface area contributed by atoms with Crippen LogP contribution in [0.1, 0.15) is 43.4 Å². The summed E-state index contributed by atoms with van der Waals surface area (Å²) in [7, 11) is 0. The van der Waals surface area contributed by atoms with Gasteiger partial charge in [0.1, 0.15) is 0 Å². The first-order valence-electron chi connectivity index (χ1n) is 8.74. The number of hydrogen-bond donors (Lipinski definition) is 1. The van der Waals surface area contributed by atoms with E-state index in [0.29, 0.717) is 18.9 Å². The molecule has 1 atom stereocenters. The van der Waals surface area contributed by atoms with E-state index in [0.717, 1.165) is 24.0 Å². The molecule has 25 heavy (non-hydrogen) atoms. The van der Waals surface area contributed by atoms with Crippen LogP contribution in [0.2, 0.25) is 0 Å². The molecule has 1 unspecified atom stereocenters. The van der Waals surface area contributed by atoms with Gasteiger partial charge in [0.05, 0.1) is 0 Å². The zero-order valence-electron chi connectivity index (χ0n) is 14.4. The van der Waals surface area contributed by atoms with Crippen molar-refractivity contribution in [1.82, 2.24) is 5.32 Å². The third-order valence-electron chi connectivity index (χ3n) is 4.27. The summed E-state index contributed by atoms with van der Waals surface area (Å²) >= 11 is 1.31. The number of nitrogens with one attached hydrogen (secondary N) is 1. The maximum Gasteiger partial charge on any atom is 0.220 e. The van der Waals surface area contributed by atoms with Gasteiger partial charge in [0.2, 0.25) is 5.91 Å². The molecule has 130 valence electrons. The molecule has 1 N–H and O–H groups in total. The van der Waals surface area contributed by atoms with Gasteiger partial charge in [-0.25, -0.2) is 0 Å². The quantitative estimate of drug-likeness (QED) is 0.782. The highest BCUT2D eigenvalue weighted by Gasteiger charge is 2.24. The Balaban J connectivity index is 1.67. The Morgan fingerprint density at radius 2 is 1.68 bits per heavy atom. The number of carbonyl (C=O) groups is 2. The van der Waals surface area contributed by atoms with Gasteiger partial charge in [0, 0.05) is 24.6 Å². The zero-order chi connectivity index (χ0) is 17.6. The lowest BCUT2D eigenvalue weighted by Crippen LogP contribution is -2.25. The van der Waals surface area contributed by atoms with Crippen LogP contribution in [0.15, 0.2) is 54.6 Å². The predicted molar refractivity (Wildman–Crippen MR) is 103 cm³/mol. The van der Waals surface area contributed by atoms with E-state index in [9.17, 15) is 9.59 Å². The molecule has 2 aromatic rings.